The summed E-state index contributed by atoms with van der Waals surface area (Å²) in [7, 11) is -3.81. The summed E-state index contributed by atoms with van der Waals surface area (Å²) in [5.74, 6) is 0.230. The van der Waals surface area contributed by atoms with Gasteiger partial charge in [0.25, 0.3) is 0 Å². The molecule has 0 saturated carbocycles. The van der Waals surface area contributed by atoms with Gasteiger partial charge in [0.05, 0.1) is 12.7 Å². The van der Waals surface area contributed by atoms with Crippen molar-refractivity contribution < 1.29 is 17.9 Å². The summed E-state index contributed by atoms with van der Waals surface area (Å²) in [6.07, 6.45) is 0.108. The molecule has 5 nitrogen and oxygen atoms in total. The lowest BCUT2D eigenvalue weighted by Crippen LogP contribution is -2.16. The third-order valence-electron chi connectivity index (χ3n) is 2.00. The topological polar surface area (TPSA) is 78.6 Å². The summed E-state index contributed by atoms with van der Waals surface area (Å²) in [4.78, 5) is -0.0404. The maximum Gasteiger partial charge on any atom is 0.241 e. The molecule has 0 radical (unpaired) electrons. The van der Waals surface area contributed by atoms with Crippen LogP contribution in [0.4, 0.5) is 0 Å². The van der Waals surface area contributed by atoms with E-state index in [0.29, 0.717) is 11.1 Å². The number of nitrogens with two attached hydrogens (primary N) is 1. The normalized spacial score (nSPS) is 11.8. The largest absolute Gasteiger partial charge is 0.490 e. The fourth-order valence-corrected chi connectivity index (χ4v) is 2.47. The first-order valence-corrected chi connectivity index (χ1v) is 7.71. The van der Waals surface area contributed by atoms with Gasteiger partial charge in [-0.05, 0) is 32.0 Å². The zero-order chi connectivity index (χ0) is 13.8. The quantitative estimate of drug-likeness (QED) is 0.804. The minimum absolute atomic E-state index is 0.0404. The van der Waals surface area contributed by atoms with Crippen LogP contribution >= 0.6 is 15.9 Å². The highest BCUT2D eigenvalue weighted by Gasteiger charge is 2.15. The molecule has 0 spiro atoms. The summed E-state index contributed by atoms with van der Waals surface area (Å²) >= 11 is 3.19. The summed E-state index contributed by atoms with van der Waals surface area (Å²) < 4.78 is 34.1. The maximum atomic E-state index is 11.4. The van der Waals surface area contributed by atoms with E-state index in [1.54, 1.807) is 12.1 Å². The molecule has 0 aromatic heterocycles. The summed E-state index contributed by atoms with van der Waals surface area (Å²) in [6, 6.07) is 4.65. The highest BCUT2D eigenvalue weighted by Crippen LogP contribution is 2.26. The minimum Gasteiger partial charge on any atom is -0.490 e. The standard InChI is InChI=1S/C11H16BrNO4S/c1-8(2)16-5-6-17-10-4-3-9(12)7-11(10)18(13,14)15/h3-4,7-8H,5-6H2,1-2H3,(H2,13,14,15). The third kappa shape index (κ3) is 4.93. The van der Waals surface area contributed by atoms with Crippen LogP contribution in [0.2, 0.25) is 0 Å². The summed E-state index contributed by atoms with van der Waals surface area (Å²) in [6.45, 7) is 4.48. The van der Waals surface area contributed by atoms with Crippen LogP contribution in [0.15, 0.2) is 27.6 Å². The molecule has 1 aromatic carbocycles. The van der Waals surface area contributed by atoms with Crippen LogP contribution in [0.5, 0.6) is 5.75 Å². The molecule has 0 heterocycles. The third-order valence-corrected chi connectivity index (χ3v) is 3.43. The molecule has 0 aliphatic rings. The van der Waals surface area contributed by atoms with Gasteiger partial charge >= 0.3 is 0 Å². The molecule has 0 aliphatic carbocycles. The molecule has 0 atom stereocenters. The highest BCUT2D eigenvalue weighted by molar-refractivity contribution is 9.10. The molecule has 7 heteroatoms. The molecule has 0 saturated heterocycles. The monoisotopic (exact) mass is 337 g/mol. The first kappa shape index (κ1) is 15.4. The summed E-state index contributed by atoms with van der Waals surface area (Å²) in [5.41, 5.74) is 0. The van der Waals surface area contributed by atoms with Gasteiger partial charge in [-0.25, -0.2) is 13.6 Å². The van der Waals surface area contributed by atoms with Crippen molar-refractivity contribution >= 4 is 26.0 Å². The number of halogens is 1. The average molecular weight is 338 g/mol. The molecule has 1 rings (SSSR count). The van der Waals surface area contributed by atoms with Gasteiger partial charge in [0.2, 0.25) is 10.0 Å². The zero-order valence-electron chi connectivity index (χ0n) is 10.2. The van der Waals surface area contributed by atoms with Gasteiger partial charge in [-0.3, -0.25) is 0 Å². The molecule has 1 aromatic rings. The number of hydrogen-bond acceptors (Lipinski definition) is 4. The van der Waals surface area contributed by atoms with Crippen molar-refractivity contribution in [2.24, 2.45) is 5.14 Å². The fraction of sp³-hybridized carbons (Fsp3) is 0.455. The number of ether oxygens (including phenoxy) is 2. The first-order chi connectivity index (χ1) is 8.30. The number of benzene rings is 1. The lowest BCUT2D eigenvalue weighted by Gasteiger charge is -2.12. The number of primary sulfonamides is 1. The SMILES string of the molecule is CC(C)OCCOc1ccc(Br)cc1S(N)(=O)=O. The second kappa shape index (κ2) is 6.51. The van der Waals surface area contributed by atoms with E-state index in [1.807, 2.05) is 13.8 Å². The van der Waals surface area contributed by atoms with Crippen molar-refractivity contribution in [2.45, 2.75) is 24.8 Å². The molecule has 102 valence electrons. The van der Waals surface area contributed by atoms with E-state index in [4.69, 9.17) is 14.6 Å². The van der Waals surface area contributed by atoms with Crippen molar-refractivity contribution in [3.05, 3.63) is 22.7 Å². The Morgan fingerprint density at radius 3 is 2.56 bits per heavy atom. The maximum absolute atomic E-state index is 11.4. The van der Waals surface area contributed by atoms with E-state index in [0.717, 1.165) is 0 Å². The van der Waals surface area contributed by atoms with Crippen molar-refractivity contribution in [3.8, 4) is 5.75 Å². The van der Waals surface area contributed by atoms with Gasteiger partial charge in [-0.15, -0.1) is 0 Å². The highest BCUT2D eigenvalue weighted by atomic mass is 79.9. The first-order valence-electron chi connectivity index (χ1n) is 5.37. The molecule has 18 heavy (non-hydrogen) atoms. The van der Waals surface area contributed by atoms with E-state index in [9.17, 15) is 8.42 Å². The van der Waals surface area contributed by atoms with Gasteiger partial charge in [-0.2, -0.15) is 0 Å². The Balaban J connectivity index is 2.77. The number of sulfonamides is 1. The Bertz CT molecular complexity index is 502. The van der Waals surface area contributed by atoms with Crippen LogP contribution in [-0.2, 0) is 14.8 Å². The van der Waals surface area contributed by atoms with E-state index in [2.05, 4.69) is 15.9 Å². The van der Waals surface area contributed by atoms with E-state index in [1.165, 1.54) is 6.07 Å². The van der Waals surface area contributed by atoms with Crippen LogP contribution in [-0.4, -0.2) is 27.7 Å². The molecule has 2 N–H and O–H groups in total. The summed E-state index contributed by atoms with van der Waals surface area (Å²) in [5, 5.41) is 5.12. The van der Waals surface area contributed by atoms with Crippen LogP contribution in [0.1, 0.15) is 13.8 Å². The van der Waals surface area contributed by atoms with Gasteiger partial charge in [0.1, 0.15) is 17.3 Å². The second-order valence-electron chi connectivity index (χ2n) is 3.90. The van der Waals surface area contributed by atoms with E-state index < -0.39 is 10.0 Å². The van der Waals surface area contributed by atoms with Crippen LogP contribution in [0.3, 0.4) is 0 Å². The Labute approximate surface area is 115 Å². The van der Waals surface area contributed by atoms with E-state index in [-0.39, 0.29) is 23.4 Å². The van der Waals surface area contributed by atoms with Gasteiger partial charge < -0.3 is 9.47 Å². The lowest BCUT2D eigenvalue weighted by atomic mass is 10.3. The predicted octanol–water partition coefficient (Wildman–Crippen LogP) is 1.90. The number of rotatable bonds is 6. The van der Waals surface area contributed by atoms with Crippen molar-refractivity contribution in [1.82, 2.24) is 0 Å². The molecular weight excluding hydrogens is 322 g/mol. The van der Waals surface area contributed by atoms with Crippen molar-refractivity contribution in [2.75, 3.05) is 13.2 Å². The predicted molar refractivity (Wildman–Crippen MR) is 72.1 cm³/mol. The fourth-order valence-electron chi connectivity index (χ4n) is 1.26. The van der Waals surface area contributed by atoms with Gasteiger partial charge in [0.15, 0.2) is 0 Å². The van der Waals surface area contributed by atoms with Gasteiger partial charge in [0, 0.05) is 4.47 Å². The molecule has 0 bridgehead atoms. The molecular formula is C11H16BrNO4S. The molecule has 0 unspecified atom stereocenters. The Kier molecular flexibility index (Phi) is 5.58. The Morgan fingerprint density at radius 2 is 2.00 bits per heavy atom. The Hall–Kier alpha value is -0.630. The van der Waals surface area contributed by atoms with E-state index >= 15 is 0 Å². The zero-order valence-corrected chi connectivity index (χ0v) is 12.6. The van der Waals surface area contributed by atoms with Crippen LogP contribution in [0.25, 0.3) is 0 Å². The average Bonchev–Trinajstić information content (AvgIpc) is 2.24. The molecule has 0 fully saturated rings. The Morgan fingerprint density at radius 1 is 1.33 bits per heavy atom. The lowest BCUT2D eigenvalue weighted by molar-refractivity contribution is 0.0546. The van der Waals surface area contributed by atoms with Crippen molar-refractivity contribution in [3.63, 3.8) is 0 Å². The molecule has 0 amide bonds. The molecule has 0 aliphatic heterocycles. The minimum atomic E-state index is -3.81. The number of hydrogen-bond donors (Lipinski definition) is 1. The van der Waals surface area contributed by atoms with Crippen molar-refractivity contribution in [1.29, 1.82) is 0 Å². The van der Waals surface area contributed by atoms with Gasteiger partial charge in [-0.1, -0.05) is 15.9 Å². The second-order valence-corrected chi connectivity index (χ2v) is 6.35. The van der Waals surface area contributed by atoms with Crippen LogP contribution < -0.4 is 9.88 Å². The smallest absolute Gasteiger partial charge is 0.241 e. The van der Waals surface area contributed by atoms with Crippen LogP contribution in [0, 0.1) is 0 Å².